The number of alkyl carbamates (subject to hydrolysis) is 1. The minimum atomic E-state index is -0.401. The van der Waals surface area contributed by atoms with E-state index < -0.39 is 6.09 Å². The lowest BCUT2D eigenvalue weighted by Gasteiger charge is -2.14. The highest BCUT2D eigenvalue weighted by Gasteiger charge is 2.28. The highest BCUT2D eigenvalue weighted by molar-refractivity contribution is 9.10. The first kappa shape index (κ1) is 19.5. The number of carbonyl (C=O) groups is 1. The van der Waals surface area contributed by atoms with Crippen molar-refractivity contribution in [1.29, 1.82) is 0 Å². The van der Waals surface area contributed by atoms with Crippen LogP contribution in [-0.2, 0) is 4.74 Å². The van der Waals surface area contributed by atoms with E-state index in [4.69, 9.17) is 4.74 Å². The number of rotatable bonds is 5. The highest BCUT2D eigenvalue weighted by atomic mass is 79.9. The zero-order valence-corrected chi connectivity index (χ0v) is 17.8. The van der Waals surface area contributed by atoms with Crippen molar-refractivity contribution in [3.63, 3.8) is 0 Å². The van der Waals surface area contributed by atoms with E-state index in [1.54, 1.807) is 0 Å². The second kappa shape index (κ2) is 8.66. The second-order valence-electron chi connectivity index (χ2n) is 7.12. The first-order valence-electron chi connectivity index (χ1n) is 9.65. The lowest BCUT2D eigenvalue weighted by atomic mass is 9.98. The number of carbonyl (C=O) groups excluding carboxylic acids is 1. The van der Waals surface area contributed by atoms with Crippen molar-refractivity contribution in [3.8, 4) is 11.1 Å². The van der Waals surface area contributed by atoms with Crippen LogP contribution < -0.4 is 5.32 Å². The molecule has 0 bridgehead atoms. The van der Waals surface area contributed by atoms with Crippen LogP contribution in [0.25, 0.3) is 17.2 Å². The molecule has 3 aromatic rings. The quantitative estimate of drug-likeness (QED) is 0.497. The predicted molar refractivity (Wildman–Crippen MR) is 121 cm³/mol. The average molecular weight is 448 g/mol. The van der Waals surface area contributed by atoms with Crippen LogP contribution >= 0.6 is 15.9 Å². The van der Waals surface area contributed by atoms with Crippen LogP contribution in [0.2, 0.25) is 0 Å². The summed E-state index contributed by atoms with van der Waals surface area (Å²) in [7, 11) is 0. The van der Waals surface area contributed by atoms with Gasteiger partial charge in [-0.3, -0.25) is 0 Å². The van der Waals surface area contributed by atoms with E-state index in [2.05, 4.69) is 64.6 Å². The molecule has 0 saturated heterocycles. The van der Waals surface area contributed by atoms with Crippen molar-refractivity contribution in [2.75, 3.05) is 13.2 Å². The van der Waals surface area contributed by atoms with Crippen LogP contribution in [0, 0.1) is 6.92 Å². The van der Waals surface area contributed by atoms with Gasteiger partial charge in [-0.1, -0.05) is 88.7 Å². The molecule has 146 valence electrons. The number of aryl methyl sites for hydroxylation is 1. The van der Waals surface area contributed by atoms with Gasteiger partial charge in [-0.05, 0) is 46.4 Å². The normalized spacial score (nSPS) is 12.6. The van der Waals surface area contributed by atoms with Gasteiger partial charge in [-0.25, -0.2) is 4.79 Å². The monoisotopic (exact) mass is 447 g/mol. The van der Waals surface area contributed by atoms with Crippen molar-refractivity contribution < 1.29 is 9.53 Å². The molecule has 3 nitrogen and oxygen atoms in total. The van der Waals surface area contributed by atoms with E-state index in [-0.39, 0.29) is 5.92 Å². The number of amides is 1. The maximum absolute atomic E-state index is 12.2. The Kier molecular flexibility index (Phi) is 5.81. The van der Waals surface area contributed by atoms with Crippen LogP contribution in [-0.4, -0.2) is 19.2 Å². The summed E-state index contributed by atoms with van der Waals surface area (Å²) in [5, 5.41) is 2.79. The summed E-state index contributed by atoms with van der Waals surface area (Å²) in [6.45, 7) is 2.80. The zero-order chi connectivity index (χ0) is 20.2. The van der Waals surface area contributed by atoms with Gasteiger partial charge in [0.1, 0.15) is 6.61 Å². The number of halogens is 1. The maximum Gasteiger partial charge on any atom is 0.407 e. The standard InChI is InChI=1S/C25H22BrNO2/c1-17-12-13-18(15-24(17)26)7-6-14-27-25(28)29-16-23-21-10-4-2-8-19(21)20-9-3-5-11-22(20)23/h2-13,15,23H,14,16H2,1H3,(H,27,28). The van der Waals surface area contributed by atoms with Crippen LogP contribution in [0.1, 0.15) is 28.2 Å². The third kappa shape index (κ3) is 4.28. The van der Waals surface area contributed by atoms with Crippen LogP contribution in [0.15, 0.2) is 77.3 Å². The zero-order valence-electron chi connectivity index (χ0n) is 16.2. The molecule has 0 unspecified atom stereocenters. The lowest BCUT2D eigenvalue weighted by Crippen LogP contribution is -2.26. The molecule has 0 aliphatic heterocycles. The molecule has 0 heterocycles. The van der Waals surface area contributed by atoms with E-state index >= 15 is 0 Å². The predicted octanol–water partition coefficient (Wildman–Crippen LogP) is 6.31. The van der Waals surface area contributed by atoms with Gasteiger partial charge in [0.2, 0.25) is 0 Å². The Hall–Kier alpha value is -2.85. The van der Waals surface area contributed by atoms with Crippen LogP contribution in [0.5, 0.6) is 0 Å². The molecule has 0 aromatic heterocycles. The topological polar surface area (TPSA) is 38.3 Å². The van der Waals surface area contributed by atoms with E-state index in [0.717, 1.165) is 10.0 Å². The molecule has 1 aliphatic rings. The first-order valence-corrected chi connectivity index (χ1v) is 10.4. The minimum absolute atomic E-state index is 0.0774. The first-order chi connectivity index (χ1) is 14.1. The van der Waals surface area contributed by atoms with E-state index in [1.165, 1.54) is 27.8 Å². The van der Waals surface area contributed by atoms with Gasteiger partial charge in [-0.2, -0.15) is 0 Å². The van der Waals surface area contributed by atoms with Crippen molar-refractivity contribution >= 4 is 28.1 Å². The summed E-state index contributed by atoms with van der Waals surface area (Å²) in [4.78, 5) is 12.2. The molecule has 0 fully saturated rings. The van der Waals surface area contributed by atoms with Gasteiger partial charge in [0.05, 0.1) is 0 Å². The minimum Gasteiger partial charge on any atom is -0.449 e. The molecular formula is C25H22BrNO2. The molecule has 1 N–H and O–H groups in total. The Morgan fingerprint density at radius 2 is 1.69 bits per heavy atom. The largest absolute Gasteiger partial charge is 0.449 e. The van der Waals surface area contributed by atoms with Crippen molar-refractivity contribution in [2.45, 2.75) is 12.8 Å². The van der Waals surface area contributed by atoms with Gasteiger partial charge in [0, 0.05) is 16.9 Å². The van der Waals surface area contributed by atoms with Gasteiger partial charge in [0.25, 0.3) is 0 Å². The van der Waals surface area contributed by atoms with Crippen molar-refractivity contribution in [1.82, 2.24) is 5.32 Å². The Morgan fingerprint density at radius 3 is 2.34 bits per heavy atom. The summed E-state index contributed by atoms with van der Waals surface area (Å²) in [6.07, 6.45) is 3.49. The Labute approximate surface area is 179 Å². The number of fused-ring (bicyclic) bond motifs is 3. The molecule has 0 atom stereocenters. The summed E-state index contributed by atoms with van der Waals surface area (Å²) in [6, 6.07) is 22.8. The number of ether oxygens (including phenoxy) is 1. The average Bonchev–Trinajstić information content (AvgIpc) is 3.06. The number of nitrogens with one attached hydrogen (secondary N) is 1. The van der Waals surface area contributed by atoms with E-state index in [0.29, 0.717) is 13.2 Å². The Bertz CT molecular complexity index is 1030. The van der Waals surface area contributed by atoms with Crippen molar-refractivity contribution in [3.05, 3.63) is 99.5 Å². The molecule has 4 rings (SSSR count). The fourth-order valence-electron chi connectivity index (χ4n) is 3.70. The second-order valence-corrected chi connectivity index (χ2v) is 7.97. The van der Waals surface area contributed by atoms with Gasteiger partial charge < -0.3 is 10.1 Å². The van der Waals surface area contributed by atoms with Gasteiger partial charge >= 0.3 is 6.09 Å². The number of hydrogen-bond donors (Lipinski definition) is 1. The van der Waals surface area contributed by atoms with Crippen LogP contribution in [0.4, 0.5) is 4.79 Å². The summed E-state index contributed by atoms with van der Waals surface area (Å²) in [5.74, 6) is 0.0774. The van der Waals surface area contributed by atoms with Crippen LogP contribution in [0.3, 0.4) is 0 Å². The molecule has 29 heavy (non-hydrogen) atoms. The fourth-order valence-corrected chi connectivity index (χ4v) is 4.10. The van der Waals surface area contributed by atoms with Crippen molar-refractivity contribution in [2.24, 2.45) is 0 Å². The molecule has 0 spiro atoms. The fraction of sp³-hybridized carbons (Fsp3) is 0.160. The molecular weight excluding hydrogens is 426 g/mol. The molecule has 4 heteroatoms. The molecule has 1 amide bonds. The molecule has 3 aromatic carbocycles. The maximum atomic E-state index is 12.2. The Balaban J connectivity index is 1.33. The van der Waals surface area contributed by atoms with E-state index in [1.807, 2.05) is 42.5 Å². The molecule has 0 radical (unpaired) electrons. The third-order valence-electron chi connectivity index (χ3n) is 5.21. The van der Waals surface area contributed by atoms with Gasteiger partial charge in [-0.15, -0.1) is 0 Å². The third-order valence-corrected chi connectivity index (χ3v) is 6.07. The SMILES string of the molecule is Cc1ccc(C=CCNC(=O)OCC2c3ccccc3-c3ccccc32)cc1Br. The molecule has 0 saturated carbocycles. The van der Waals surface area contributed by atoms with E-state index in [9.17, 15) is 4.79 Å². The summed E-state index contributed by atoms with van der Waals surface area (Å²) < 4.78 is 6.61. The summed E-state index contributed by atoms with van der Waals surface area (Å²) in [5.41, 5.74) is 7.15. The number of benzene rings is 3. The highest BCUT2D eigenvalue weighted by Crippen LogP contribution is 2.44. The smallest absolute Gasteiger partial charge is 0.407 e. The number of hydrogen-bond acceptors (Lipinski definition) is 2. The Morgan fingerprint density at radius 1 is 1.03 bits per heavy atom. The van der Waals surface area contributed by atoms with Gasteiger partial charge in [0.15, 0.2) is 0 Å². The summed E-state index contributed by atoms with van der Waals surface area (Å²) >= 11 is 3.53. The molecule has 1 aliphatic carbocycles. The lowest BCUT2D eigenvalue weighted by molar-refractivity contribution is 0.144.